The molecule has 1 nitrogen and oxygen atoms in total. The van der Waals surface area contributed by atoms with Crippen LogP contribution >= 0.6 is 15.9 Å². The van der Waals surface area contributed by atoms with Gasteiger partial charge in [0.25, 0.3) is 0 Å². The van der Waals surface area contributed by atoms with Crippen LogP contribution in [0, 0.1) is 5.92 Å². The molecule has 0 bridgehead atoms. The van der Waals surface area contributed by atoms with Crippen LogP contribution in [0.25, 0.3) is 0 Å². The molecule has 0 aliphatic rings. The molecular weight excluding hydrogens is 214 g/mol. The second-order valence-corrected chi connectivity index (χ2v) is 4.51. The van der Waals surface area contributed by atoms with Crippen LogP contribution in [0.1, 0.15) is 33.6 Å². The van der Waals surface area contributed by atoms with Crippen LogP contribution in [-0.4, -0.2) is 29.9 Å². The first kappa shape index (κ1) is 12.4. The fraction of sp³-hybridized carbons (Fsp3) is 1.00. The molecule has 0 radical (unpaired) electrons. The van der Waals surface area contributed by atoms with Crippen molar-refractivity contribution in [3.8, 4) is 0 Å². The van der Waals surface area contributed by atoms with Crippen molar-refractivity contribution in [2.45, 2.75) is 33.6 Å². The lowest BCUT2D eigenvalue weighted by Crippen LogP contribution is -2.28. The van der Waals surface area contributed by atoms with E-state index in [1.54, 1.807) is 0 Å². The van der Waals surface area contributed by atoms with E-state index in [9.17, 15) is 0 Å². The van der Waals surface area contributed by atoms with Crippen LogP contribution in [0.3, 0.4) is 0 Å². The Balaban J connectivity index is 3.48. The van der Waals surface area contributed by atoms with E-state index in [-0.39, 0.29) is 0 Å². The SMILES string of the molecule is CCCN(CCBr)CCC(C)C. The molecule has 0 aromatic carbocycles. The summed E-state index contributed by atoms with van der Waals surface area (Å²) in [5.41, 5.74) is 0. The van der Waals surface area contributed by atoms with Crippen molar-refractivity contribution in [1.29, 1.82) is 0 Å². The van der Waals surface area contributed by atoms with Gasteiger partial charge in [-0.3, -0.25) is 0 Å². The number of halogens is 1. The average Bonchev–Trinajstić information content (AvgIpc) is 2.01. The third kappa shape index (κ3) is 7.11. The number of hydrogen-bond donors (Lipinski definition) is 0. The highest BCUT2D eigenvalue weighted by atomic mass is 79.9. The molecule has 0 aromatic heterocycles. The summed E-state index contributed by atoms with van der Waals surface area (Å²) in [5.74, 6) is 0.833. The molecule has 0 saturated heterocycles. The van der Waals surface area contributed by atoms with E-state index < -0.39 is 0 Å². The summed E-state index contributed by atoms with van der Waals surface area (Å²) < 4.78 is 0. The molecule has 2 heteroatoms. The zero-order chi connectivity index (χ0) is 9.40. The Kier molecular flexibility index (Phi) is 8.35. The molecule has 0 amide bonds. The lowest BCUT2D eigenvalue weighted by molar-refractivity contribution is 0.273. The zero-order valence-corrected chi connectivity index (χ0v) is 10.2. The molecular formula is C10H22BrN. The van der Waals surface area contributed by atoms with Gasteiger partial charge >= 0.3 is 0 Å². The van der Waals surface area contributed by atoms with Gasteiger partial charge in [0.2, 0.25) is 0 Å². The molecule has 0 fully saturated rings. The lowest BCUT2D eigenvalue weighted by Gasteiger charge is -2.21. The second-order valence-electron chi connectivity index (χ2n) is 3.71. The highest BCUT2D eigenvalue weighted by Gasteiger charge is 2.03. The summed E-state index contributed by atoms with van der Waals surface area (Å²) in [7, 11) is 0. The summed E-state index contributed by atoms with van der Waals surface area (Å²) in [6, 6.07) is 0. The summed E-state index contributed by atoms with van der Waals surface area (Å²) in [6.45, 7) is 10.5. The zero-order valence-electron chi connectivity index (χ0n) is 8.65. The molecule has 0 spiro atoms. The fourth-order valence-corrected chi connectivity index (χ4v) is 1.71. The van der Waals surface area contributed by atoms with E-state index >= 15 is 0 Å². The number of hydrogen-bond acceptors (Lipinski definition) is 1. The minimum Gasteiger partial charge on any atom is -0.303 e. The van der Waals surface area contributed by atoms with Crippen LogP contribution in [0.2, 0.25) is 0 Å². The first-order chi connectivity index (χ1) is 5.70. The van der Waals surface area contributed by atoms with Crippen molar-refractivity contribution in [3.63, 3.8) is 0 Å². The summed E-state index contributed by atoms with van der Waals surface area (Å²) in [6.07, 6.45) is 2.60. The van der Waals surface area contributed by atoms with Crippen molar-refractivity contribution in [3.05, 3.63) is 0 Å². The molecule has 0 aromatic rings. The molecule has 0 atom stereocenters. The van der Waals surface area contributed by atoms with Crippen LogP contribution in [0.15, 0.2) is 0 Å². The Morgan fingerprint density at radius 3 is 2.25 bits per heavy atom. The third-order valence-corrected chi connectivity index (χ3v) is 2.32. The van der Waals surface area contributed by atoms with Crippen molar-refractivity contribution in [2.75, 3.05) is 25.0 Å². The van der Waals surface area contributed by atoms with Crippen molar-refractivity contribution in [2.24, 2.45) is 5.92 Å². The van der Waals surface area contributed by atoms with Gasteiger partial charge < -0.3 is 4.90 Å². The Morgan fingerprint density at radius 2 is 1.83 bits per heavy atom. The Labute approximate surface area is 85.7 Å². The van der Waals surface area contributed by atoms with Gasteiger partial charge in [0.15, 0.2) is 0 Å². The Bertz CT molecular complexity index is 87.8. The molecule has 0 rings (SSSR count). The Morgan fingerprint density at radius 1 is 1.17 bits per heavy atom. The van der Waals surface area contributed by atoms with Crippen LogP contribution in [0.5, 0.6) is 0 Å². The Hall–Kier alpha value is 0.440. The summed E-state index contributed by atoms with van der Waals surface area (Å²) in [4.78, 5) is 2.54. The second kappa shape index (κ2) is 8.06. The molecule has 0 heterocycles. The normalized spacial score (nSPS) is 11.5. The van der Waals surface area contributed by atoms with Gasteiger partial charge in [-0.15, -0.1) is 0 Å². The van der Waals surface area contributed by atoms with E-state index in [1.165, 1.54) is 32.5 Å². The van der Waals surface area contributed by atoms with Gasteiger partial charge in [-0.2, -0.15) is 0 Å². The van der Waals surface area contributed by atoms with Crippen molar-refractivity contribution >= 4 is 15.9 Å². The fourth-order valence-electron chi connectivity index (χ4n) is 1.21. The van der Waals surface area contributed by atoms with E-state index in [4.69, 9.17) is 0 Å². The summed E-state index contributed by atoms with van der Waals surface area (Å²) in [5, 5.41) is 1.10. The average molecular weight is 236 g/mol. The highest BCUT2D eigenvalue weighted by Crippen LogP contribution is 2.03. The minimum absolute atomic E-state index is 0.833. The maximum Gasteiger partial charge on any atom is 0.0159 e. The summed E-state index contributed by atoms with van der Waals surface area (Å²) >= 11 is 3.49. The third-order valence-electron chi connectivity index (χ3n) is 1.96. The smallest absolute Gasteiger partial charge is 0.0159 e. The monoisotopic (exact) mass is 235 g/mol. The maximum absolute atomic E-state index is 3.49. The standard InChI is InChI=1S/C10H22BrN/c1-4-7-12(9-6-11)8-5-10(2)3/h10H,4-9H2,1-3H3. The maximum atomic E-state index is 3.49. The number of nitrogens with zero attached hydrogens (tertiary/aromatic N) is 1. The number of alkyl halides is 1. The van der Waals surface area contributed by atoms with Crippen LogP contribution in [0.4, 0.5) is 0 Å². The van der Waals surface area contributed by atoms with E-state index in [0.29, 0.717) is 0 Å². The lowest BCUT2D eigenvalue weighted by atomic mass is 10.1. The predicted octanol–water partition coefficient (Wildman–Crippen LogP) is 3.14. The minimum atomic E-state index is 0.833. The first-order valence-electron chi connectivity index (χ1n) is 4.99. The largest absolute Gasteiger partial charge is 0.303 e. The molecule has 0 aliphatic heterocycles. The van der Waals surface area contributed by atoms with Gasteiger partial charge in [0.05, 0.1) is 0 Å². The molecule has 0 saturated carbocycles. The van der Waals surface area contributed by atoms with Crippen molar-refractivity contribution in [1.82, 2.24) is 4.90 Å². The molecule has 0 unspecified atom stereocenters. The quantitative estimate of drug-likeness (QED) is 0.614. The van der Waals surface area contributed by atoms with Crippen LogP contribution in [-0.2, 0) is 0 Å². The molecule has 74 valence electrons. The van der Waals surface area contributed by atoms with Gasteiger partial charge in [0, 0.05) is 11.9 Å². The first-order valence-corrected chi connectivity index (χ1v) is 6.11. The number of rotatable bonds is 7. The predicted molar refractivity (Wildman–Crippen MR) is 60.0 cm³/mol. The van der Waals surface area contributed by atoms with Gasteiger partial charge in [-0.25, -0.2) is 0 Å². The highest BCUT2D eigenvalue weighted by molar-refractivity contribution is 9.09. The van der Waals surface area contributed by atoms with Gasteiger partial charge in [0.1, 0.15) is 0 Å². The van der Waals surface area contributed by atoms with E-state index in [2.05, 4.69) is 41.6 Å². The van der Waals surface area contributed by atoms with Gasteiger partial charge in [-0.05, 0) is 31.8 Å². The topological polar surface area (TPSA) is 3.24 Å². The molecule has 12 heavy (non-hydrogen) atoms. The van der Waals surface area contributed by atoms with E-state index in [0.717, 1.165) is 11.2 Å². The van der Waals surface area contributed by atoms with Crippen molar-refractivity contribution < 1.29 is 0 Å². The molecule has 0 aliphatic carbocycles. The van der Waals surface area contributed by atoms with Crippen LogP contribution < -0.4 is 0 Å². The van der Waals surface area contributed by atoms with Gasteiger partial charge in [-0.1, -0.05) is 36.7 Å². The molecule has 0 N–H and O–H groups in total. The van der Waals surface area contributed by atoms with E-state index in [1.807, 2.05) is 0 Å².